The maximum Gasteiger partial charge on any atom is 0.514 e. The van der Waals surface area contributed by atoms with Gasteiger partial charge in [-0.2, -0.15) is 0 Å². The van der Waals surface area contributed by atoms with Gasteiger partial charge in [0.05, 0.1) is 4.92 Å². The van der Waals surface area contributed by atoms with Crippen molar-refractivity contribution < 1.29 is 52.7 Å². The fourth-order valence-corrected chi connectivity index (χ4v) is 7.57. The van der Waals surface area contributed by atoms with Gasteiger partial charge in [-0.1, -0.05) is 88.4 Å². The maximum absolute atomic E-state index is 13.9. The summed E-state index contributed by atoms with van der Waals surface area (Å²) >= 11 is 0. The van der Waals surface area contributed by atoms with Gasteiger partial charge in [0.25, 0.3) is 5.69 Å². The van der Waals surface area contributed by atoms with E-state index in [0.717, 1.165) is 22.3 Å². The van der Waals surface area contributed by atoms with Crippen LogP contribution in [-0.2, 0) is 35.3 Å². The van der Waals surface area contributed by atoms with Gasteiger partial charge >= 0.3 is 18.3 Å². The minimum Gasteiger partial charge on any atom is -0.449 e. The average molecular weight is 965 g/mol. The fraction of sp³-hybridized carbons (Fsp3) is 0.380. The van der Waals surface area contributed by atoms with E-state index in [1.165, 1.54) is 24.3 Å². The van der Waals surface area contributed by atoms with E-state index in [1.807, 2.05) is 36.4 Å². The first-order valence-corrected chi connectivity index (χ1v) is 23.0. The SMILES string of the molecule is CC(C)C(=O)N[C@@H](CCCCNC(=O)OCC1c2ccccc2-c2ccccc21)C(=O)N[C@H](C(=O)N[C@@H](CCCNC(N)=O)C(=O)Nc1ccc(COC(=O)Oc2ccc([N+](=O)[O-])cc2)cc1)C(C)C. The molecule has 0 aromatic heterocycles. The second kappa shape index (κ2) is 25.9. The number of nitrogens with zero attached hydrogens (tertiary/aromatic N) is 1. The molecule has 5 rings (SSSR count). The number of nitrogens with one attached hydrogen (secondary N) is 6. The van der Waals surface area contributed by atoms with Crippen molar-refractivity contribution in [3.05, 3.63) is 124 Å². The van der Waals surface area contributed by atoms with Crippen molar-refractivity contribution in [2.45, 2.75) is 90.4 Å². The number of rotatable bonds is 24. The zero-order valence-electron chi connectivity index (χ0n) is 39.5. The summed E-state index contributed by atoms with van der Waals surface area (Å²) in [5, 5.41) is 27.1. The van der Waals surface area contributed by atoms with Gasteiger partial charge in [0.15, 0.2) is 0 Å². The molecule has 0 heterocycles. The molecule has 4 aromatic rings. The van der Waals surface area contributed by atoms with E-state index in [2.05, 4.69) is 44.0 Å². The Kier molecular flexibility index (Phi) is 19.6. The predicted molar refractivity (Wildman–Crippen MR) is 258 cm³/mol. The Labute approximate surface area is 405 Å². The number of carbonyl (C=O) groups excluding carboxylic acids is 7. The minimum absolute atomic E-state index is 0.0497. The van der Waals surface area contributed by atoms with Crippen LogP contribution < -0.4 is 42.4 Å². The van der Waals surface area contributed by atoms with E-state index in [4.69, 9.17) is 19.9 Å². The first kappa shape index (κ1) is 52.9. The molecular formula is C50H60N8O12. The van der Waals surface area contributed by atoms with E-state index in [9.17, 15) is 43.7 Å². The van der Waals surface area contributed by atoms with Crippen molar-refractivity contribution in [2.75, 3.05) is 25.0 Å². The number of primary amides is 1. The van der Waals surface area contributed by atoms with Crippen molar-refractivity contribution >= 4 is 53.3 Å². The second-order valence-corrected chi connectivity index (χ2v) is 17.3. The van der Waals surface area contributed by atoms with Gasteiger partial charge in [0.2, 0.25) is 23.6 Å². The molecule has 0 spiro atoms. The van der Waals surface area contributed by atoms with Crippen LogP contribution in [0.3, 0.4) is 0 Å². The summed E-state index contributed by atoms with van der Waals surface area (Å²) in [5.74, 6) is -3.20. The van der Waals surface area contributed by atoms with Gasteiger partial charge in [-0.15, -0.1) is 0 Å². The number of ether oxygens (including phenoxy) is 3. The second-order valence-electron chi connectivity index (χ2n) is 17.3. The molecule has 7 amide bonds. The molecule has 0 saturated carbocycles. The molecule has 0 bridgehead atoms. The van der Waals surface area contributed by atoms with Crippen molar-refractivity contribution in [1.82, 2.24) is 26.6 Å². The average Bonchev–Trinajstić information content (AvgIpc) is 3.65. The summed E-state index contributed by atoms with van der Waals surface area (Å²) in [7, 11) is 0. The van der Waals surface area contributed by atoms with E-state index >= 15 is 0 Å². The predicted octanol–water partition coefficient (Wildman–Crippen LogP) is 6.17. The Morgan fingerprint density at radius 3 is 1.84 bits per heavy atom. The first-order chi connectivity index (χ1) is 33.5. The molecule has 20 nitrogen and oxygen atoms in total. The Bertz CT molecular complexity index is 2440. The van der Waals surface area contributed by atoms with Gasteiger partial charge in [-0.05, 0) is 90.1 Å². The summed E-state index contributed by atoms with van der Waals surface area (Å²) in [4.78, 5) is 101. The van der Waals surface area contributed by atoms with Gasteiger partial charge in [-0.3, -0.25) is 29.3 Å². The molecule has 0 radical (unpaired) electrons. The number of urea groups is 1. The number of benzene rings is 4. The summed E-state index contributed by atoms with van der Waals surface area (Å²) in [5.41, 5.74) is 10.3. The summed E-state index contributed by atoms with van der Waals surface area (Å²) < 4.78 is 15.8. The smallest absolute Gasteiger partial charge is 0.449 e. The molecule has 0 aliphatic heterocycles. The summed E-state index contributed by atoms with van der Waals surface area (Å²) in [6.07, 6.45) is -0.236. The van der Waals surface area contributed by atoms with Crippen LogP contribution in [0.2, 0.25) is 0 Å². The quantitative estimate of drug-likeness (QED) is 0.0136. The number of alkyl carbamates (subject to hydrolysis) is 1. The van der Waals surface area contributed by atoms with Crippen LogP contribution in [-0.4, -0.2) is 84.7 Å². The molecule has 70 heavy (non-hydrogen) atoms. The topological polar surface area (TPSA) is 289 Å². The number of hydrogen-bond acceptors (Lipinski definition) is 12. The maximum atomic E-state index is 13.9. The number of non-ortho nitro benzene ring substituents is 1. The minimum atomic E-state index is -1.14. The van der Waals surface area contributed by atoms with E-state index in [-0.39, 0.29) is 68.8 Å². The lowest BCUT2D eigenvalue weighted by Crippen LogP contribution is -2.58. The number of amides is 7. The van der Waals surface area contributed by atoms with Gasteiger partial charge in [0, 0.05) is 42.7 Å². The molecule has 0 fully saturated rings. The highest BCUT2D eigenvalue weighted by atomic mass is 16.7. The number of anilines is 1. The highest BCUT2D eigenvalue weighted by Crippen LogP contribution is 2.44. The van der Waals surface area contributed by atoms with Gasteiger partial charge in [0.1, 0.15) is 37.1 Å². The number of unbranched alkanes of at least 4 members (excludes halogenated alkanes) is 1. The van der Waals surface area contributed by atoms with Crippen LogP contribution in [0.1, 0.15) is 82.4 Å². The van der Waals surface area contributed by atoms with Crippen LogP contribution in [0.15, 0.2) is 97.1 Å². The molecule has 4 aromatic carbocycles. The molecule has 1 aliphatic rings. The lowest BCUT2D eigenvalue weighted by atomic mass is 9.98. The lowest BCUT2D eigenvalue weighted by Gasteiger charge is -2.27. The monoisotopic (exact) mass is 964 g/mol. The summed E-state index contributed by atoms with van der Waals surface area (Å²) in [6, 6.07) is 23.2. The van der Waals surface area contributed by atoms with Gasteiger partial charge < -0.3 is 51.8 Å². The number of nitro benzene ring substituents is 1. The van der Waals surface area contributed by atoms with Crippen LogP contribution in [0.4, 0.5) is 25.8 Å². The molecule has 8 N–H and O–H groups in total. The van der Waals surface area contributed by atoms with Crippen molar-refractivity contribution in [1.29, 1.82) is 0 Å². The third-order valence-corrected chi connectivity index (χ3v) is 11.4. The molecule has 0 unspecified atom stereocenters. The van der Waals surface area contributed by atoms with Crippen molar-refractivity contribution in [3.63, 3.8) is 0 Å². The largest absolute Gasteiger partial charge is 0.514 e. The van der Waals surface area contributed by atoms with Crippen molar-refractivity contribution in [2.24, 2.45) is 17.6 Å². The molecular weight excluding hydrogens is 905 g/mol. The Morgan fingerprint density at radius 2 is 1.24 bits per heavy atom. The van der Waals surface area contributed by atoms with E-state index in [0.29, 0.717) is 24.1 Å². The molecule has 0 saturated heterocycles. The normalized spacial score (nSPS) is 12.8. The highest BCUT2D eigenvalue weighted by Gasteiger charge is 2.32. The highest BCUT2D eigenvalue weighted by molar-refractivity contribution is 5.99. The molecule has 20 heteroatoms. The molecule has 1 aliphatic carbocycles. The van der Waals surface area contributed by atoms with Crippen LogP contribution >= 0.6 is 0 Å². The van der Waals surface area contributed by atoms with Crippen LogP contribution in [0, 0.1) is 22.0 Å². The molecule has 372 valence electrons. The van der Waals surface area contributed by atoms with E-state index < -0.39 is 70.9 Å². The zero-order chi connectivity index (χ0) is 50.7. The first-order valence-electron chi connectivity index (χ1n) is 23.0. The number of carbonyl (C=O) groups is 7. The Balaban J connectivity index is 1.13. The molecule has 3 atom stereocenters. The fourth-order valence-electron chi connectivity index (χ4n) is 7.57. The third-order valence-electron chi connectivity index (χ3n) is 11.4. The Morgan fingerprint density at radius 1 is 0.657 bits per heavy atom. The zero-order valence-corrected chi connectivity index (χ0v) is 39.5. The van der Waals surface area contributed by atoms with Crippen LogP contribution in [0.5, 0.6) is 5.75 Å². The Hall–Kier alpha value is -8.03. The number of fused-ring (bicyclic) bond motifs is 3. The van der Waals surface area contributed by atoms with Gasteiger partial charge in [-0.25, -0.2) is 14.4 Å². The third kappa shape index (κ3) is 15.8. The number of hydrogen-bond donors (Lipinski definition) is 7. The number of nitro groups is 1. The summed E-state index contributed by atoms with van der Waals surface area (Å²) in [6.45, 7) is 7.13. The number of nitrogens with two attached hydrogens (primary N) is 1. The standard InChI is InChI=1S/C50H60N8O12/c1-30(2)43(57-46(61)41(55-44(59)31(3)4)16-9-10-26-53-49(64)68-29-40-38-14-7-5-12-36(38)37-13-6-8-15-39(37)40)47(62)56-42(17-11-27-52-48(51)63)45(60)54-33-20-18-32(19-21-33)28-69-50(65)70-35-24-22-34(23-25-35)58(66)67/h5-8,12-15,18-25,30-31,40-43H,9-11,16-17,26-29H2,1-4H3,(H,53,64)(H,54,60)(H,55,59)(H,56,62)(H,57,61)(H3,51,52,63)/t41-,42-,43-/m0/s1. The van der Waals surface area contributed by atoms with Crippen LogP contribution in [0.25, 0.3) is 11.1 Å². The van der Waals surface area contributed by atoms with Crippen molar-refractivity contribution in [3.8, 4) is 16.9 Å². The lowest BCUT2D eigenvalue weighted by molar-refractivity contribution is -0.384. The van der Waals surface area contributed by atoms with E-state index in [1.54, 1.807) is 52.0 Å².